The highest BCUT2D eigenvalue weighted by atomic mass is 19.1. The van der Waals surface area contributed by atoms with E-state index in [1.54, 1.807) is 24.3 Å². The Hall–Kier alpha value is -2.36. The molecule has 0 bridgehead atoms. The van der Waals surface area contributed by atoms with Crippen LogP contribution in [-0.4, -0.2) is 11.6 Å². The predicted molar refractivity (Wildman–Crippen MR) is 88.9 cm³/mol. The Balaban J connectivity index is 2.46. The molecule has 0 aromatic heterocycles. The first kappa shape index (κ1) is 18.0. The lowest BCUT2D eigenvalue weighted by molar-refractivity contribution is -0.119. The number of ketones is 2. The molecule has 0 amide bonds. The first-order valence-corrected chi connectivity index (χ1v) is 7.86. The highest BCUT2D eigenvalue weighted by Crippen LogP contribution is 2.38. The highest BCUT2D eigenvalue weighted by Gasteiger charge is 2.27. The van der Waals surface area contributed by atoms with Gasteiger partial charge in [-0.25, -0.2) is 8.78 Å². The van der Waals surface area contributed by atoms with Crippen molar-refractivity contribution in [3.05, 3.63) is 71.3 Å². The zero-order valence-electron chi connectivity index (χ0n) is 13.8. The topological polar surface area (TPSA) is 34.1 Å². The van der Waals surface area contributed by atoms with E-state index in [0.717, 1.165) is 11.1 Å². The van der Waals surface area contributed by atoms with Gasteiger partial charge in [-0.3, -0.25) is 0 Å². The fourth-order valence-corrected chi connectivity index (χ4v) is 3.02. The van der Waals surface area contributed by atoms with E-state index in [2.05, 4.69) is 0 Å². The number of hydrogen-bond donors (Lipinski definition) is 0. The molecule has 0 fully saturated rings. The van der Waals surface area contributed by atoms with Crippen molar-refractivity contribution in [3.8, 4) is 0 Å². The minimum atomic E-state index is -0.356. The number of hydrogen-bond acceptors (Lipinski definition) is 2. The van der Waals surface area contributed by atoms with Crippen molar-refractivity contribution in [1.82, 2.24) is 0 Å². The summed E-state index contributed by atoms with van der Waals surface area (Å²) in [6.45, 7) is 2.98. The summed E-state index contributed by atoms with van der Waals surface area (Å²) in [6, 6.07) is 11.9. The Morgan fingerprint density at radius 2 is 1.00 bits per heavy atom. The van der Waals surface area contributed by atoms with Crippen LogP contribution in [0, 0.1) is 11.6 Å². The van der Waals surface area contributed by atoms with E-state index in [1.807, 2.05) is 0 Å². The van der Waals surface area contributed by atoms with Gasteiger partial charge in [-0.05, 0) is 61.1 Å². The Morgan fingerprint density at radius 3 is 1.25 bits per heavy atom. The molecule has 2 nitrogen and oxygen atoms in total. The first-order valence-electron chi connectivity index (χ1n) is 7.86. The van der Waals surface area contributed by atoms with Crippen LogP contribution in [0.15, 0.2) is 48.5 Å². The van der Waals surface area contributed by atoms with E-state index in [9.17, 15) is 18.4 Å². The first-order chi connectivity index (χ1) is 11.4. The lowest BCUT2D eigenvalue weighted by atomic mass is 9.76. The number of carbonyl (C=O) groups excluding carboxylic acids is 2. The molecule has 0 N–H and O–H groups in total. The monoisotopic (exact) mass is 330 g/mol. The van der Waals surface area contributed by atoms with Crippen LogP contribution < -0.4 is 0 Å². The number of rotatable bonds is 7. The predicted octanol–water partition coefficient (Wildman–Crippen LogP) is 4.79. The second-order valence-corrected chi connectivity index (χ2v) is 6.13. The van der Waals surface area contributed by atoms with Crippen LogP contribution in [0.5, 0.6) is 0 Å². The minimum Gasteiger partial charge on any atom is -0.300 e. The number of carbonyl (C=O) groups is 2. The van der Waals surface area contributed by atoms with Crippen LogP contribution in [0.4, 0.5) is 8.78 Å². The second-order valence-electron chi connectivity index (χ2n) is 6.13. The second kappa shape index (κ2) is 7.95. The molecule has 0 unspecified atom stereocenters. The summed E-state index contributed by atoms with van der Waals surface area (Å²) in [5, 5.41) is 0. The molecule has 2 aromatic carbocycles. The molecule has 0 saturated heterocycles. The van der Waals surface area contributed by atoms with Gasteiger partial charge in [-0.2, -0.15) is 0 Å². The summed E-state index contributed by atoms with van der Waals surface area (Å²) in [7, 11) is 0. The average molecular weight is 330 g/mol. The van der Waals surface area contributed by atoms with Crippen molar-refractivity contribution in [1.29, 1.82) is 0 Å². The van der Waals surface area contributed by atoms with Gasteiger partial charge in [0.15, 0.2) is 0 Å². The summed E-state index contributed by atoms with van der Waals surface area (Å²) < 4.78 is 26.5. The molecule has 4 heteroatoms. The molecule has 0 aliphatic heterocycles. The van der Waals surface area contributed by atoms with Gasteiger partial charge in [0.1, 0.15) is 23.2 Å². The summed E-state index contributed by atoms with van der Waals surface area (Å²) in [5.74, 6) is -1.27. The van der Waals surface area contributed by atoms with Gasteiger partial charge < -0.3 is 9.59 Å². The smallest absolute Gasteiger partial charge is 0.130 e. The van der Waals surface area contributed by atoms with Crippen molar-refractivity contribution in [3.63, 3.8) is 0 Å². The molecule has 2 rings (SSSR count). The SMILES string of the molecule is CC(=O)C[C@@H](c1ccc(F)cc1)[C@@H](CC(C)=O)c1ccc(F)cc1. The van der Waals surface area contributed by atoms with Crippen LogP contribution in [0.25, 0.3) is 0 Å². The summed E-state index contributed by atoms with van der Waals surface area (Å²) in [4.78, 5) is 23.5. The average Bonchev–Trinajstić information content (AvgIpc) is 2.52. The zero-order valence-corrected chi connectivity index (χ0v) is 13.8. The van der Waals surface area contributed by atoms with Gasteiger partial charge in [0.05, 0.1) is 0 Å². The van der Waals surface area contributed by atoms with E-state index in [0.29, 0.717) is 0 Å². The number of Topliss-reactive ketones (excluding diaryl/α,β-unsaturated/α-hetero) is 2. The van der Waals surface area contributed by atoms with Gasteiger partial charge in [0.2, 0.25) is 0 Å². The molecule has 0 saturated carbocycles. The van der Waals surface area contributed by atoms with Gasteiger partial charge in [-0.1, -0.05) is 24.3 Å². The molecule has 2 atom stereocenters. The molecule has 24 heavy (non-hydrogen) atoms. The van der Waals surface area contributed by atoms with Crippen LogP contribution >= 0.6 is 0 Å². The van der Waals surface area contributed by atoms with Crippen LogP contribution in [0.3, 0.4) is 0 Å². The Morgan fingerprint density at radius 1 is 0.708 bits per heavy atom. The quantitative estimate of drug-likeness (QED) is 0.731. The van der Waals surface area contributed by atoms with E-state index >= 15 is 0 Å². The van der Waals surface area contributed by atoms with Crippen molar-refractivity contribution < 1.29 is 18.4 Å². The molecule has 0 aliphatic carbocycles. The van der Waals surface area contributed by atoms with E-state index < -0.39 is 0 Å². The van der Waals surface area contributed by atoms with Crippen LogP contribution in [-0.2, 0) is 9.59 Å². The van der Waals surface area contributed by atoms with Crippen LogP contribution in [0.2, 0.25) is 0 Å². The summed E-state index contributed by atoms with van der Waals surface area (Å²) in [5.41, 5.74) is 1.59. The molecular weight excluding hydrogens is 310 g/mol. The standard InChI is InChI=1S/C20H20F2O2/c1-13(23)11-19(15-3-7-17(21)8-4-15)20(12-14(2)24)16-5-9-18(22)10-6-16/h3-10,19-20H,11-12H2,1-2H3/t19-,20-/m0/s1. The Bertz CT molecular complexity index is 642. The lowest BCUT2D eigenvalue weighted by Gasteiger charge is -2.27. The van der Waals surface area contributed by atoms with E-state index in [1.165, 1.54) is 38.1 Å². The maximum atomic E-state index is 13.2. The normalized spacial score (nSPS) is 13.3. The van der Waals surface area contributed by atoms with Gasteiger partial charge in [-0.15, -0.1) is 0 Å². The maximum Gasteiger partial charge on any atom is 0.130 e. The van der Waals surface area contributed by atoms with Crippen LogP contribution in [0.1, 0.15) is 49.7 Å². The van der Waals surface area contributed by atoms with E-state index in [-0.39, 0.29) is 47.9 Å². The van der Waals surface area contributed by atoms with Crippen molar-refractivity contribution in [2.24, 2.45) is 0 Å². The third-order valence-corrected chi connectivity index (χ3v) is 4.10. The Kier molecular flexibility index (Phi) is 5.96. The third-order valence-electron chi connectivity index (χ3n) is 4.10. The lowest BCUT2D eigenvalue weighted by Crippen LogP contribution is -2.17. The number of benzene rings is 2. The zero-order chi connectivity index (χ0) is 17.7. The molecule has 0 radical (unpaired) electrons. The maximum absolute atomic E-state index is 13.2. The molecule has 2 aromatic rings. The minimum absolute atomic E-state index is 0.0139. The summed E-state index contributed by atoms with van der Waals surface area (Å²) in [6.07, 6.45) is 0.474. The molecule has 126 valence electrons. The van der Waals surface area contributed by atoms with Gasteiger partial charge in [0.25, 0.3) is 0 Å². The van der Waals surface area contributed by atoms with Gasteiger partial charge in [0, 0.05) is 12.8 Å². The van der Waals surface area contributed by atoms with Crippen molar-refractivity contribution in [2.75, 3.05) is 0 Å². The largest absolute Gasteiger partial charge is 0.300 e. The summed E-state index contributed by atoms with van der Waals surface area (Å²) >= 11 is 0. The fourth-order valence-electron chi connectivity index (χ4n) is 3.02. The third kappa shape index (κ3) is 4.82. The Labute approximate surface area is 140 Å². The molecule has 0 heterocycles. The fraction of sp³-hybridized carbons (Fsp3) is 0.300. The van der Waals surface area contributed by atoms with Crippen molar-refractivity contribution in [2.45, 2.75) is 38.5 Å². The number of halogens is 2. The van der Waals surface area contributed by atoms with E-state index in [4.69, 9.17) is 0 Å². The van der Waals surface area contributed by atoms with Gasteiger partial charge >= 0.3 is 0 Å². The molecule has 0 spiro atoms. The highest BCUT2D eigenvalue weighted by molar-refractivity contribution is 5.78. The molecule has 0 aliphatic rings. The molecular formula is C20H20F2O2. The van der Waals surface area contributed by atoms with Crippen molar-refractivity contribution >= 4 is 11.6 Å².